The Bertz CT molecular complexity index is 559. The zero-order valence-electron chi connectivity index (χ0n) is 13.3. The van der Waals surface area contributed by atoms with Crippen molar-refractivity contribution in [1.82, 2.24) is 9.88 Å². The minimum Gasteiger partial charge on any atom is -0.474 e. The molecule has 0 radical (unpaired) electrons. The summed E-state index contributed by atoms with van der Waals surface area (Å²) in [7, 11) is 0. The zero-order valence-corrected chi connectivity index (χ0v) is 13.3. The van der Waals surface area contributed by atoms with Gasteiger partial charge in [-0.15, -0.1) is 0 Å². The number of pyridine rings is 1. The summed E-state index contributed by atoms with van der Waals surface area (Å²) in [5.41, 5.74) is 0.646. The van der Waals surface area contributed by atoms with Crippen LogP contribution in [0.5, 0.6) is 5.88 Å². The standard InChI is InChI=1S/C15H19F3N2O5/c16-15(17,18)12(9-22)25-14(23)20-5-3-11(4-6-20)24-13-2-1-10(8-21)7-19-13/h1-2,7,11-12,21-22H,3-6,8-9H2/t12-/m1/s1. The van der Waals surface area contributed by atoms with Crippen LogP contribution in [0.2, 0.25) is 0 Å². The summed E-state index contributed by atoms with van der Waals surface area (Å²) in [6.45, 7) is -1.09. The highest BCUT2D eigenvalue weighted by Crippen LogP contribution is 2.24. The Hall–Kier alpha value is -2.07. The first kappa shape index (κ1) is 19.3. The number of alkyl halides is 3. The first-order chi connectivity index (χ1) is 11.8. The highest BCUT2D eigenvalue weighted by Gasteiger charge is 2.43. The van der Waals surface area contributed by atoms with E-state index in [4.69, 9.17) is 14.9 Å². The van der Waals surface area contributed by atoms with Crippen LogP contribution in [0.1, 0.15) is 18.4 Å². The van der Waals surface area contributed by atoms with Crippen molar-refractivity contribution in [2.24, 2.45) is 0 Å². The molecule has 25 heavy (non-hydrogen) atoms. The number of aromatic nitrogens is 1. The summed E-state index contributed by atoms with van der Waals surface area (Å²) in [6, 6.07) is 3.28. The van der Waals surface area contributed by atoms with Crippen LogP contribution < -0.4 is 4.74 Å². The van der Waals surface area contributed by atoms with Gasteiger partial charge in [0.05, 0.1) is 13.2 Å². The van der Waals surface area contributed by atoms with Crippen LogP contribution in [0.3, 0.4) is 0 Å². The van der Waals surface area contributed by atoms with Gasteiger partial charge in [0.25, 0.3) is 0 Å². The predicted octanol–water partition coefficient (Wildman–Crippen LogP) is 1.48. The van der Waals surface area contributed by atoms with Crippen molar-refractivity contribution in [1.29, 1.82) is 0 Å². The summed E-state index contributed by atoms with van der Waals surface area (Å²) in [5, 5.41) is 17.6. The summed E-state index contributed by atoms with van der Waals surface area (Å²) in [5.74, 6) is 0.371. The van der Waals surface area contributed by atoms with Crippen molar-refractivity contribution in [3.63, 3.8) is 0 Å². The van der Waals surface area contributed by atoms with Gasteiger partial charge in [0.15, 0.2) is 0 Å². The van der Waals surface area contributed by atoms with Crippen LogP contribution in [-0.4, -0.2) is 64.3 Å². The molecule has 0 aromatic carbocycles. The Morgan fingerprint density at radius 1 is 1.32 bits per heavy atom. The third-order valence-corrected chi connectivity index (χ3v) is 3.74. The molecule has 0 saturated carbocycles. The molecule has 2 N–H and O–H groups in total. The topological polar surface area (TPSA) is 92.1 Å². The second-order valence-corrected chi connectivity index (χ2v) is 5.56. The van der Waals surface area contributed by atoms with Crippen LogP contribution in [-0.2, 0) is 11.3 Å². The number of carbonyl (C=O) groups is 1. The number of amides is 1. The lowest BCUT2D eigenvalue weighted by atomic mass is 10.1. The fourth-order valence-electron chi connectivity index (χ4n) is 2.30. The van der Waals surface area contributed by atoms with Gasteiger partial charge in [-0.05, 0) is 11.6 Å². The summed E-state index contributed by atoms with van der Waals surface area (Å²) in [4.78, 5) is 16.9. The number of hydrogen-bond donors (Lipinski definition) is 2. The van der Waals surface area contributed by atoms with E-state index in [0.717, 1.165) is 4.90 Å². The number of ether oxygens (including phenoxy) is 2. The van der Waals surface area contributed by atoms with E-state index in [1.807, 2.05) is 0 Å². The number of nitrogens with zero attached hydrogens (tertiary/aromatic N) is 2. The maximum absolute atomic E-state index is 12.5. The maximum Gasteiger partial charge on any atom is 0.427 e. The Morgan fingerprint density at radius 3 is 2.48 bits per heavy atom. The highest BCUT2D eigenvalue weighted by molar-refractivity contribution is 5.68. The van der Waals surface area contributed by atoms with Gasteiger partial charge in [0.1, 0.15) is 6.10 Å². The molecule has 2 rings (SSSR count). The molecular formula is C15H19F3N2O5. The summed E-state index contributed by atoms with van der Waals surface area (Å²) >= 11 is 0. The van der Waals surface area contributed by atoms with E-state index in [1.54, 1.807) is 12.1 Å². The number of likely N-dealkylation sites (tertiary alicyclic amines) is 1. The lowest BCUT2D eigenvalue weighted by Crippen LogP contribution is -2.46. The van der Waals surface area contributed by atoms with Crippen LogP contribution in [0, 0.1) is 0 Å². The van der Waals surface area contributed by atoms with E-state index in [2.05, 4.69) is 9.72 Å². The van der Waals surface area contributed by atoms with E-state index in [9.17, 15) is 18.0 Å². The smallest absolute Gasteiger partial charge is 0.427 e. The fourth-order valence-corrected chi connectivity index (χ4v) is 2.30. The second-order valence-electron chi connectivity index (χ2n) is 5.56. The van der Waals surface area contributed by atoms with E-state index in [0.29, 0.717) is 24.3 Å². The number of halogens is 3. The molecule has 7 nitrogen and oxygen atoms in total. The number of piperidine rings is 1. The normalized spacial score (nSPS) is 17.2. The fraction of sp³-hybridized carbons (Fsp3) is 0.600. The van der Waals surface area contributed by atoms with Crippen LogP contribution in [0.4, 0.5) is 18.0 Å². The SMILES string of the molecule is O=C(O[C@H](CO)C(F)(F)F)N1CCC(Oc2ccc(CO)cn2)CC1. The Kier molecular flexibility index (Phi) is 6.43. The molecule has 0 bridgehead atoms. The molecule has 0 unspecified atom stereocenters. The van der Waals surface area contributed by atoms with Crippen LogP contribution in [0.25, 0.3) is 0 Å². The lowest BCUT2D eigenvalue weighted by molar-refractivity contribution is -0.214. The maximum atomic E-state index is 12.5. The molecular weight excluding hydrogens is 345 g/mol. The number of aliphatic hydroxyl groups excluding tert-OH is 2. The Morgan fingerprint density at radius 2 is 2.00 bits per heavy atom. The van der Waals surface area contributed by atoms with Gasteiger partial charge >= 0.3 is 12.3 Å². The van der Waals surface area contributed by atoms with Crippen molar-refractivity contribution >= 4 is 6.09 Å². The Labute approximate surface area is 142 Å². The Balaban J connectivity index is 1.81. The quantitative estimate of drug-likeness (QED) is 0.822. The molecule has 0 aliphatic carbocycles. The van der Waals surface area contributed by atoms with Crippen molar-refractivity contribution in [2.45, 2.75) is 37.8 Å². The monoisotopic (exact) mass is 364 g/mol. The van der Waals surface area contributed by atoms with Crippen molar-refractivity contribution < 1.29 is 37.7 Å². The molecule has 1 atom stereocenters. The minimum absolute atomic E-state index is 0.124. The van der Waals surface area contributed by atoms with Gasteiger partial charge in [0, 0.05) is 38.2 Å². The van der Waals surface area contributed by atoms with Crippen LogP contribution in [0.15, 0.2) is 18.3 Å². The molecule has 1 fully saturated rings. The van der Waals surface area contributed by atoms with Gasteiger partial charge in [-0.3, -0.25) is 0 Å². The predicted molar refractivity (Wildman–Crippen MR) is 78.8 cm³/mol. The molecule has 140 valence electrons. The molecule has 1 saturated heterocycles. The second kappa shape index (κ2) is 8.34. The first-order valence-corrected chi connectivity index (χ1v) is 7.69. The molecule has 1 amide bonds. The van der Waals surface area contributed by atoms with E-state index < -0.39 is 25.0 Å². The zero-order chi connectivity index (χ0) is 18.4. The van der Waals surface area contributed by atoms with Gasteiger partial charge in [0.2, 0.25) is 12.0 Å². The molecule has 2 heterocycles. The first-order valence-electron chi connectivity index (χ1n) is 7.69. The number of carbonyl (C=O) groups excluding carboxylic acids is 1. The van der Waals surface area contributed by atoms with E-state index >= 15 is 0 Å². The highest BCUT2D eigenvalue weighted by atomic mass is 19.4. The van der Waals surface area contributed by atoms with Gasteiger partial charge < -0.3 is 24.6 Å². The number of aliphatic hydroxyl groups is 2. The van der Waals surface area contributed by atoms with Gasteiger partial charge in [-0.1, -0.05) is 0 Å². The third kappa shape index (κ3) is 5.46. The number of rotatable bonds is 5. The van der Waals surface area contributed by atoms with E-state index in [1.165, 1.54) is 6.20 Å². The van der Waals surface area contributed by atoms with Gasteiger partial charge in [-0.2, -0.15) is 13.2 Å². The lowest BCUT2D eigenvalue weighted by Gasteiger charge is -2.32. The average Bonchev–Trinajstić information content (AvgIpc) is 2.59. The van der Waals surface area contributed by atoms with Crippen molar-refractivity contribution in [3.05, 3.63) is 23.9 Å². The number of hydrogen-bond acceptors (Lipinski definition) is 6. The van der Waals surface area contributed by atoms with Crippen molar-refractivity contribution in [2.75, 3.05) is 19.7 Å². The minimum atomic E-state index is -4.81. The molecule has 1 aliphatic heterocycles. The third-order valence-electron chi connectivity index (χ3n) is 3.74. The van der Waals surface area contributed by atoms with E-state index in [-0.39, 0.29) is 25.8 Å². The molecule has 1 aromatic rings. The summed E-state index contributed by atoms with van der Waals surface area (Å²) < 4.78 is 47.5. The van der Waals surface area contributed by atoms with Crippen molar-refractivity contribution in [3.8, 4) is 5.88 Å². The average molecular weight is 364 g/mol. The molecule has 10 heteroatoms. The van der Waals surface area contributed by atoms with Crippen LogP contribution >= 0.6 is 0 Å². The summed E-state index contributed by atoms with van der Waals surface area (Å²) in [6.07, 6.45) is -6.37. The molecule has 1 aromatic heterocycles. The van der Waals surface area contributed by atoms with Gasteiger partial charge in [-0.25, -0.2) is 9.78 Å². The molecule has 0 spiro atoms. The molecule has 1 aliphatic rings. The largest absolute Gasteiger partial charge is 0.474 e.